The maximum absolute atomic E-state index is 12.2. The van der Waals surface area contributed by atoms with Gasteiger partial charge in [-0.25, -0.2) is 0 Å². The summed E-state index contributed by atoms with van der Waals surface area (Å²) in [7, 11) is 0. The van der Waals surface area contributed by atoms with Crippen molar-refractivity contribution in [2.45, 2.75) is 40.5 Å². The summed E-state index contributed by atoms with van der Waals surface area (Å²) in [6.07, 6.45) is 1.57. The first-order valence-electron chi connectivity index (χ1n) is 10.8. The maximum atomic E-state index is 12.2. The van der Waals surface area contributed by atoms with Gasteiger partial charge in [0.25, 0.3) is 0 Å². The van der Waals surface area contributed by atoms with Gasteiger partial charge >= 0.3 is 0 Å². The molecule has 0 atom stereocenters. The standard InChI is InChI=1S/C13H12ClNOS.C13H13NO2S/c1-3-9-7-10(14)12(8(2)15-9)13(16)11-5-4-6-17-11;1-3-9-7-10(15)12(8(2)14-9)13(16)11-5-4-6-17-11/h4-7H,3H2,1-2H3;4-7H,3H2,1-2H3,(H,14,15). The first-order valence-corrected chi connectivity index (χ1v) is 13.0. The molecule has 0 saturated heterocycles. The van der Waals surface area contributed by atoms with E-state index in [1.807, 2.05) is 43.7 Å². The van der Waals surface area contributed by atoms with Crippen LogP contribution in [-0.2, 0) is 12.8 Å². The number of nitrogens with one attached hydrogen (secondary N) is 1. The number of aromatic nitrogens is 2. The number of hydrogen-bond donors (Lipinski definition) is 1. The SMILES string of the molecule is CCc1cc(=O)c(C(=O)c2cccs2)c(C)[nH]1.CCc1cc(Cl)c(C(=O)c2cccs2)c(C)n1. The molecule has 4 aromatic heterocycles. The van der Waals surface area contributed by atoms with Crippen LogP contribution in [0.5, 0.6) is 0 Å². The van der Waals surface area contributed by atoms with Gasteiger partial charge in [-0.1, -0.05) is 37.6 Å². The van der Waals surface area contributed by atoms with E-state index in [-0.39, 0.29) is 22.6 Å². The molecule has 176 valence electrons. The van der Waals surface area contributed by atoms with E-state index < -0.39 is 0 Å². The second kappa shape index (κ2) is 11.5. The van der Waals surface area contributed by atoms with Crippen molar-refractivity contribution in [2.24, 2.45) is 0 Å². The Morgan fingerprint density at radius 2 is 1.53 bits per heavy atom. The Balaban J connectivity index is 0.000000191. The van der Waals surface area contributed by atoms with Crippen LogP contribution in [0.2, 0.25) is 5.02 Å². The highest BCUT2D eigenvalue weighted by molar-refractivity contribution is 7.12. The van der Waals surface area contributed by atoms with Crippen molar-refractivity contribution in [3.8, 4) is 0 Å². The molecule has 0 saturated carbocycles. The van der Waals surface area contributed by atoms with Crippen molar-refractivity contribution in [3.63, 3.8) is 0 Å². The summed E-state index contributed by atoms with van der Waals surface area (Å²) in [6, 6.07) is 10.5. The number of halogens is 1. The van der Waals surface area contributed by atoms with Gasteiger partial charge < -0.3 is 4.98 Å². The lowest BCUT2D eigenvalue weighted by molar-refractivity contribution is 0.103. The molecule has 0 fully saturated rings. The largest absolute Gasteiger partial charge is 0.362 e. The molecule has 0 bridgehead atoms. The number of H-pyrrole nitrogens is 1. The number of nitrogens with zero attached hydrogens (tertiary/aromatic N) is 1. The summed E-state index contributed by atoms with van der Waals surface area (Å²) in [4.78, 5) is 45.1. The molecular formula is C26H25ClN2O3S2. The van der Waals surface area contributed by atoms with Gasteiger partial charge in [-0.3, -0.25) is 19.4 Å². The first kappa shape index (κ1) is 25.7. The highest BCUT2D eigenvalue weighted by Gasteiger charge is 2.18. The van der Waals surface area contributed by atoms with E-state index in [1.165, 1.54) is 28.7 Å². The lowest BCUT2D eigenvalue weighted by Crippen LogP contribution is -2.19. The molecule has 4 heterocycles. The third-order valence-electron chi connectivity index (χ3n) is 5.17. The molecule has 34 heavy (non-hydrogen) atoms. The van der Waals surface area contributed by atoms with Crippen molar-refractivity contribution in [2.75, 3.05) is 0 Å². The number of carbonyl (C=O) groups is 2. The number of pyridine rings is 2. The molecule has 0 aliphatic heterocycles. The molecule has 8 heteroatoms. The Hall–Kier alpha value is -2.87. The topological polar surface area (TPSA) is 79.9 Å². The zero-order valence-corrected chi connectivity index (χ0v) is 21.8. The van der Waals surface area contributed by atoms with E-state index in [0.29, 0.717) is 31.7 Å². The molecule has 0 aliphatic carbocycles. The van der Waals surface area contributed by atoms with E-state index in [0.717, 1.165) is 24.2 Å². The van der Waals surface area contributed by atoms with E-state index in [4.69, 9.17) is 11.6 Å². The van der Waals surface area contributed by atoms with Gasteiger partial charge in [0.15, 0.2) is 5.43 Å². The molecule has 4 aromatic rings. The van der Waals surface area contributed by atoms with E-state index in [2.05, 4.69) is 9.97 Å². The second-order valence-corrected chi connectivity index (χ2v) is 9.84. The molecule has 0 aliphatic rings. The molecular weight excluding hydrogens is 488 g/mol. The van der Waals surface area contributed by atoms with E-state index in [1.54, 1.807) is 25.1 Å². The third kappa shape index (κ3) is 5.78. The van der Waals surface area contributed by atoms with Crippen LogP contribution in [-0.4, -0.2) is 21.5 Å². The summed E-state index contributed by atoms with van der Waals surface area (Å²) < 4.78 is 0. The van der Waals surface area contributed by atoms with Crippen molar-refractivity contribution in [1.82, 2.24) is 9.97 Å². The molecule has 0 aromatic carbocycles. The molecule has 0 unspecified atom stereocenters. The van der Waals surface area contributed by atoms with Crippen LogP contribution in [0, 0.1) is 13.8 Å². The van der Waals surface area contributed by atoms with Crippen LogP contribution in [0.25, 0.3) is 0 Å². The third-order valence-corrected chi connectivity index (χ3v) is 7.20. The van der Waals surface area contributed by atoms with Crippen LogP contribution in [0.4, 0.5) is 0 Å². The van der Waals surface area contributed by atoms with Crippen LogP contribution in [0.3, 0.4) is 0 Å². The fourth-order valence-electron chi connectivity index (χ4n) is 3.44. The van der Waals surface area contributed by atoms with Gasteiger partial charge in [0, 0.05) is 23.1 Å². The minimum Gasteiger partial charge on any atom is -0.362 e. The Labute approximate surface area is 211 Å². The van der Waals surface area contributed by atoms with Crippen LogP contribution < -0.4 is 5.43 Å². The molecule has 0 spiro atoms. The fraction of sp³-hybridized carbons (Fsp3) is 0.231. The number of rotatable bonds is 6. The fourth-order valence-corrected chi connectivity index (χ4v) is 5.13. The lowest BCUT2D eigenvalue weighted by atomic mass is 10.1. The Bertz CT molecular complexity index is 1330. The van der Waals surface area contributed by atoms with Gasteiger partial charge in [0.2, 0.25) is 11.6 Å². The summed E-state index contributed by atoms with van der Waals surface area (Å²) >= 11 is 8.94. The Morgan fingerprint density at radius 1 is 0.941 bits per heavy atom. The number of hydrogen-bond acceptors (Lipinski definition) is 6. The van der Waals surface area contributed by atoms with Gasteiger partial charge in [-0.05, 0) is 55.6 Å². The molecule has 0 radical (unpaired) electrons. The smallest absolute Gasteiger partial charge is 0.208 e. The molecule has 4 rings (SSSR count). The second-order valence-electron chi connectivity index (χ2n) is 7.53. The van der Waals surface area contributed by atoms with Crippen LogP contribution in [0.1, 0.15) is 67.1 Å². The summed E-state index contributed by atoms with van der Waals surface area (Å²) in [5.41, 5.74) is 3.69. The average molecular weight is 513 g/mol. The van der Waals surface area contributed by atoms with E-state index in [9.17, 15) is 14.4 Å². The number of aromatic amines is 1. The monoisotopic (exact) mass is 512 g/mol. The van der Waals surface area contributed by atoms with Gasteiger partial charge in [0.1, 0.15) is 0 Å². The predicted molar refractivity (Wildman–Crippen MR) is 140 cm³/mol. The van der Waals surface area contributed by atoms with Crippen LogP contribution in [0.15, 0.2) is 52.0 Å². The minimum absolute atomic E-state index is 0.0438. The molecule has 0 amide bonds. The Morgan fingerprint density at radius 3 is 1.97 bits per heavy atom. The highest BCUT2D eigenvalue weighted by Crippen LogP contribution is 2.25. The van der Waals surface area contributed by atoms with Crippen molar-refractivity contribution >= 4 is 45.8 Å². The van der Waals surface area contributed by atoms with Crippen LogP contribution >= 0.6 is 34.3 Å². The summed E-state index contributed by atoms with van der Waals surface area (Å²) in [5, 5.41) is 4.20. The molecule has 5 nitrogen and oxygen atoms in total. The number of aryl methyl sites for hydroxylation is 4. The quantitative estimate of drug-likeness (QED) is 0.301. The molecule has 1 N–H and O–H groups in total. The normalized spacial score (nSPS) is 10.5. The zero-order valence-electron chi connectivity index (χ0n) is 19.4. The zero-order chi connectivity index (χ0) is 24.8. The van der Waals surface area contributed by atoms with Gasteiger partial charge in [-0.2, -0.15) is 0 Å². The van der Waals surface area contributed by atoms with E-state index >= 15 is 0 Å². The van der Waals surface area contributed by atoms with Gasteiger partial charge in [-0.15, -0.1) is 22.7 Å². The van der Waals surface area contributed by atoms with Crippen molar-refractivity contribution in [3.05, 3.63) is 106 Å². The highest BCUT2D eigenvalue weighted by atomic mass is 35.5. The van der Waals surface area contributed by atoms with Crippen molar-refractivity contribution in [1.29, 1.82) is 0 Å². The van der Waals surface area contributed by atoms with Gasteiger partial charge in [0.05, 0.1) is 31.6 Å². The average Bonchev–Trinajstić information content (AvgIpc) is 3.52. The minimum atomic E-state index is -0.198. The predicted octanol–water partition coefficient (Wildman–Crippen LogP) is 6.44. The number of thiophene rings is 2. The Kier molecular flexibility index (Phi) is 8.72. The van der Waals surface area contributed by atoms with Crippen molar-refractivity contribution < 1.29 is 9.59 Å². The maximum Gasteiger partial charge on any atom is 0.208 e. The first-order chi connectivity index (χ1) is 16.3. The summed E-state index contributed by atoms with van der Waals surface area (Å²) in [6.45, 7) is 7.57. The lowest BCUT2D eigenvalue weighted by Gasteiger charge is -2.07. The number of ketones is 2. The summed E-state index contributed by atoms with van der Waals surface area (Å²) in [5.74, 6) is -0.237. The number of carbonyl (C=O) groups excluding carboxylic acids is 2.